The number of β-amino-alcohol motifs (C(OH)–C–C–N with tert-alkyl or cyclic N) is 1. The van der Waals surface area contributed by atoms with E-state index >= 15 is 0 Å². The highest BCUT2D eigenvalue weighted by atomic mass is 79.9. The van der Waals surface area contributed by atoms with Crippen LogP contribution in [0.3, 0.4) is 0 Å². The van der Waals surface area contributed by atoms with Crippen LogP contribution in [0.1, 0.15) is 94.5 Å². The molecule has 3 aromatic carbocycles. The van der Waals surface area contributed by atoms with Gasteiger partial charge in [0.05, 0.1) is 49.2 Å². The van der Waals surface area contributed by atoms with Gasteiger partial charge in [-0.2, -0.15) is 4.98 Å². The van der Waals surface area contributed by atoms with E-state index in [0.29, 0.717) is 41.4 Å². The largest absolute Gasteiger partial charge is 0.391 e. The molecule has 2 fully saturated rings. The molecule has 358 valence electrons. The molecule has 5 atom stereocenters. The number of likely N-dealkylation sites (tertiary alicyclic amines) is 1. The number of aliphatic hydroxyl groups is 2. The second kappa shape index (κ2) is 20.7. The van der Waals surface area contributed by atoms with Crippen LogP contribution >= 0.6 is 27.3 Å². The number of benzene rings is 3. The van der Waals surface area contributed by atoms with Gasteiger partial charge < -0.3 is 42.1 Å². The molecule has 9 N–H and O–H groups in total. The van der Waals surface area contributed by atoms with Crippen molar-refractivity contribution in [1.29, 1.82) is 0 Å². The van der Waals surface area contributed by atoms with Crippen LogP contribution in [-0.2, 0) is 19.6 Å². The third-order valence-electron chi connectivity index (χ3n) is 12.3. The molecule has 1 aliphatic heterocycles. The number of aryl methyl sites for hydroxylation is 2. The number of nitrogens with two attached hydrogens (primary N) is 1. The SMILES string of the molecule is Cc1cc(S(=O)(=O)NC2CCC(N[C@H](C(=O)N3C[C@H](O)CC3C(=O)N[C@@H](C)c3ccc(-c4scnc4C)cc3)C(C)(C)C)CC2)ccc1Nc1ncc(Br)c(Nc2cccc(F)c2C(N)O)n1. The number of aliphatic hydroxyl groups excluding tert-OH is 2. The summed E-state index contributed by atoms with van der Waals surface area (Å²) in [6, 6.07) is 14.6. The summed E-state index contributed by atoms with van der Waals surface area (Å²) in [5.74, 6) is -0.828. The molecule has 7 rings (SSSR count). The molecule has 2 aliphatic rings. The summed E-state index contributed by atoms with van der Waals surface area (Å²) in [5.41, 5.74) is 11.1. The van der Waals surface area contributed by atoms with Gasteiger partial charge in [-0.1, -0.05) is 51.1 Å². The number of thiazole rings is 1. The van der Waals surface area contributed by atoms with E-state index in [-0.39, 0.29) is 70.8 Å². The fraction of sp³-hybridized carbons (Fsp3) is 0.426. The number of sulfonamides is 1. The summed E-state index contributed by atoms with van der Waals surface area (Å²) >= 11 is 4.96. The first-order valence-electron chi connectivity index (χ1n) is 22.2. The molecule has 0 radical (unpaired) electrons. The molecule has 1 saturated carbocycles. The van der Waals surface area contributed by atoms with Crippen molar-refractivity contribution in [2.24, 2.45) is 11.1 Å². The maximum atomic E-state index is 14.4. The first-order valence-corrected chi connectivity index (χ1v) is 25.3. The second-order valence-corrected chi connectivity index (χ2v) is 21.8. The molecule has 0 bridgehead atoms. The summed E-state index contributed by atoms with van der Waals surface area (Å²) in [7, 11) is -3.91. The maximum absolute atomic E-state index is 14.4. The Hall–Kier alpha value is -4.93. The van der Waals surface area contributed by atoms with Crippen molar-refractivity contribution in [2.75, 3.05) is 17.2 Å². The summed E-state index contributed by atoms with van der Waals surface area (Å²) in [6.45, 7) is 11.6. The first kappa shape index (κ1) is 50.0. The van der Waals surface area contributed by atoms with Crippen LogP contribution in [-0.4, -0.2) is 87.1 Å². The monoisotopic (exact) mass is 1020 g/mol. The van der Waals surface area contributed by atoms with Gasteiger partial charge in [0.2, 0.25) is 27.8 Å². The predicted molar refractivity (Wildman–Crippen MR) is 261 cm³/mol. The van der Waals surface area contributed by atoms with E-state index in [2.05, 4.69) is 56.9 Å². The molecule has 16 nitrogen and oxygen atoms in total. The Kier molecular flexibility index (Phi) is 15.5. The van der Waals surface area contributed by atoms with Crippen LogP contribution in [0.15, 0.2) is 81.7 Å². The quantitative estimate of drug-likeness (QED) is 0.0495. The normalized spacial score (nSPS) is 20.3. The highest BCUT2D eigenvalue weighted by Crippen LogP contribution is 2.33. The van der Waals surface area contributed by atoms with E-state index < -0.39 is 45.7 Å². The molecule has 2 amide bonds. The van der Waals surface area contributed by atoms with E-state index in [1.165, 1.54) is 29.3 Å². The molecule has 0 spiro atoms. The minimum atomic E-state index is -3.91. The van der Waals surface area contributed by atoms with Crippen LogP contribution in [0.25, 0.3) is 10.4 Å². The van der Waals surface area contributed by atoms with Gasteiger partial charge in [-0.05, 0) is 115 Å². The van der Waals surface area contributed by atoms with Gasteiger partial charge in [0.25, 0.3) is 0 Å². The minimum absolute atomic E-state index is 0.0463. The number of nitrogens with one attached hydrogen (secondary N) is 5. The van der Waals surface area contributed by atoms with E-state index in [9.17, 15) is 32.6 Å². The van der Waals surface area contributed by atoms with Gasteiger partial charge in [-0.25, -0.2) is 27.5 Å². The van der Waals surface area contributed by atoms with Crippen LogP contribution in [0.2, 0.25) is 0 Å². The number of aromatic nitrogens is 3. The summed E-state index contributed by atoms with van der Waals surface area (Å²) < 4.78 is 45.2. The fourth-order valence-electron chi connectivity index (χ4n) is 8.61. The standard InChI is InChI=1S/C47H58BrFN10O6S2/c1-25-20-33(18-19-36(25)56-46-51-22-34(48)43(57-46)55-37-9-7-8-35(49)39(37)42(50)61)67(64,65)58-31-16-14-30(15-17-31)54-41(47(4,5)6)45(63)59-23-32(60)21-38(59)44(62)53-26(2)28-10-12-29(13-11-28)40-27(3)52-24-66-40/h7-13,18-20,22,24,26,30-32,38,41-42,54,58,60-61H,14-17,21,23,50H2,1-6H3,(H,53,62)(H2,51,55,56,57)/t26-,30?,31?,32+,38?,41+,42?/m0/s1. The smallest absolute Gasteiger partial charge is 0.243 e. The molecule has 2 aromatic heterocycles. The third kappa shape index (κ3) is 11.9. The minimum Gasteiger partial charge on any atom is -0.391 e. The average molecular weight is 1020 g/mol. The molecular weight excluding hydrogens is 964 g/mol. The Bertz CT molecular complexity index is 2690. The number of halogens is 2. The van der Waals surface area contributed by atoms with Crippen molar-refractivity contribution in [3.63, 3.8) is 0 Å². The Morgan fingerprint density at radius 3 is 2.33 bits per heavy atom. The van der Waals surface area contributed by atoms with E-state index in [1.807, 2.05) is 64.4 Å². The zero-order valence-corrected chi connectivity index (χ0v) is 41.4. The molecule has 3 heterocycles. The molecular formula is C47H58BrFN10O6S2. The van der Waals surface area contributed by atoms with E-state index in [0.717, 1.165) is 21.7 Å². The molecule has 67 heavy (non-hydrogen) atoms. The van der Waals surface area contributed by atoms with Gasteiger partial charge in [0.1, 0.15) is 23.9 Å². The van der Waals surface area contributed by atoms with Gasteiger partial charge in [0.15, 0.2) is 0 Å². The average Bonchev–Trinajstić information content (AvgIpc) is 3.89. The van der Waals surface area contributed by atoms with Crippen molar-refractivity contribution in [3.8, 4) is 10.4 Å². The number of hydrogen-bond donors (Lipinski definition) is 8. The van der Waals surface area contributed by atoms with Crippen LogP contribution < -0.4 is 31.7 Å². The fourth-order valence-corrected chi connectivity index (χ4v) is 11.1. The van der Waals surface area contributed by atoms with Crippen molar-refractivity contribution in [2.45, 2.75) is 121 Å². The second-order valence-electron chi connectivity index (χ2n) is 18.4. The van der Waals surface area contributed by atoms with Crippen molar-refractivity contribution >= 4 is 72.2 Å². The zero-order chi connectivity index (χ0) is 48.4. The first-order chi connectivity index (χ1) is 31.7. The number of anilines is 4. The van der Waals surface area contributed by atoms with Crippen LogP contribution in [0.4, 0.5) is 27.5 Å². The highest BCUT2D eigenvalue weighted by molar-refractivity contribution is 9.10. The summed E-state index contributed by atoms with van der Waals surface area (Å²) in [5, 5.41) is 33.4. The van der Waals surface area contributed by atoms with Crippen LogP contribution in [0.5, 0.6) is 0 Å². The lowest BCUT2D eigenvalue weighted by molar-refractivity contribution is -0.142. The number of nitrogens with zero attached hydrogens (tertiary/aromatic N) is 4. The predicted octanol–water partition coefficient (Wildman–Crippen LogP) is 6.99. The number of rotatable bonds is 15. The molecule has 1 saturated heterocycles. The molecule has 5 aromatic rings. The third-order valence-corrected chi connectivity index (χ3v) is 15.4. The number of hydrogen-bond acceptors (Lipinski definition) is 14. The number of carbonyl (C=O) groups is 2. The van der Waals surface area contributed by atoms with Gasteiger partial charge in [0, 0.05) is 42.6 Å². The Labute approximate surface area is 403 Å². The number of carbonyl (C=O) groups excluding carboxylic acids is 2. The van der Waals surface area contributed by atoms with Crippen molar-refractivity contribution in [1.82, 2.24) is 35.2 Å². The lowest BCUT2D eigenvalue weighted by Crippen LogP contribution is -2.59. The number of amides is 2. The lowest BCUT2D eigenvalue weighted by atomic mass is 9.83. The van der Waals surface area contributed by atoms with Gasteiger partial charge in [-0.15, -0.1) is 11.3 Å². The van der Waals surface area contributed by atoms with Crippen molar-refractivity contribution < 1.29 is 32.6 Å². The Morgan fingerprint density at radius 2 is 1.69 bits per heavy atom. The molecule has 1 aliphatic carbocycles. The van der Waals surface area contributed by atoms with Crippen LogP contribution in [0, 0.1) is 25.1 Å². The highest BCUT2D eigenvalue weighted by Gasteiger charge is 2.45. The lowest BCUT2D eigenvalue weighted by Gasteiger charge is -2.39. The topological polar surface area (TPSA) is 237 Å². The van der Waals surface area contributed by atoms with Gasteiger partial charge in [-0.3, -0.25) is 9.59 Å². The molecule has 2 unspecified atom stereocenters. The van der Waals surface area contributed by atoms with Gasteiger partial charge >= 0.3 is 0 Å². The van der Waals surface area contributed by atoms with E-state index in [1.54, 1.807) is 36.5 Å². The zero-order valence-electron chi connectivity index (χ0n) is 38.2. The summed E-state index contributed by atoms with van der Waals surface area (Å²) in [4.78, 5) is 44.0. The van der Waals surface area contributed by atoms with Crippen molar-refractivity contribution in [3.05, 3.63) is 105 Å². The Morgan fingerprint density at radius 1 is 0.985 bits per heavy atom. The molecule has 20 heteroatoms. The Balaban J connectivity index is 0.937. The summed E-state index contributed by atoms with van der Waals surface area (Å²) in [6.07, 6.45) is 1.51. The maximum Gasteiger partial charge on any atom is 0.243 e. The van der Waals surface area contributed by atoms with E-state index in [4.69, 9.17) is 5.73 Å².